The number of aryl methyl sites for hydroxylation is 1. The Labute approximate surface area is 138 Å². The molecule has 0 radical (unpaired) electrons. The van der Waals surface area contributed by atoms with Crippen molar-refractivity contribution < 1.29 is 0 Å². The van der Waals surface area contributed by atoms with E-state index in [1.807, 2.05) is 54.8 Å². The molecule has 0 aliphatic heterocycles. The van der Waals surface area contributed by atoms with Crippen molar-refractivity contribution in [2.45, 2.75) is 19.2 Å². The van der Waals surface area contributed by atoms with Crippen molar-refractivity contribution in [1.29, 1.82) is 0 Å². The maximum absolute atomic E-state index is 6.38. The maximum atomic E-state index is 6.38. The van der Waals surface area contributed by atoms with Gasteiger partial charge in [-0.15, -0.1) is 11.6 Å². The summed E-state index contributed by atoms with van der Waals surface area (Å²) in [4.78, 5) is 4.60. The maximum Gasteiger partial charge on any atom is 0.132 e. The first kappa shape index (κ1) is 14.7. The van der Waals surface area contributed by atoms with Gasteiger partial charge in [-0.25, -0.2) is 4.98 Å². The smallest absolute Gasteiger partial charge is 0.132 e. The van der Waals surface area contributed by atoms with E-state index in [1.165, 1.54) is 0 Å². The fraction of sp³-hybridized carbons (Fsp3) is 0.188. The number of alkyl halides is 1. The van der Waals surface area contributed by atoms with Crippen molar-refractivity contribution in [3.8, 4) is 5.69 Å². The van der Waals surface area contributed by atoms with Crippen molar-refractivity contribution in [3.63, 3.8) is 0 Å². The minimum absolute atomic E-state index is 0.259. The van der Waals surface area contributed by atoms with Gasteiger partial charge in [-0.1, -0.05) is 35.3 Å². The highest BCUT2D eigenvalue weighted by Crippen LogP contribution is 2.34. The van der Waals surface area contributed by atoms with Crippen molar-refractivity contribution in [1.82, 2.24) is 9.55 Å². The SMILES string of the molecule is Cc1ccc(Cl)c(-n2c(C(C)Cl)nc3c(Cl)cccc32)c1. The van der Waals surface area contributed by atoms with Gasteiger partial charge in [0.05, 0.1) is 26.6 Å². The van der Waals surface area contributed by atoms with E-state index >= 15 is 0 Å². The Hall–Kier alpha value is -1.22. The Morgan fingerprint density at radius 2 is 1.86 bits per heavy atom. The van der Waals surface area contributed by atoms with Gasteiger partial charge in [0, 0.05) is 0 Å². The summed E-state index contributed by atoms with van der Waals surface area (Å²) in [5.41, 5.74) is 3.62. The second-order valence-electron chi connectivity index (χ2n) is 4.98. The van der Waals surface area contributed by atoms with Crippen LogP contribution in [0.3, 0.4) is 0 Å². The molecule has 0 N–H and O–H groups in total. The predicted octanol–water partition coefficient (Wildman–Crippen LogP) is 5.94. The minimum atomic E-state index is -0.259. The van der Waals surface area contributed by atoms with Crippen LogP contribution in [-0.4, -0.2) is 9.55 Å². The van der Waals surface area contributed by atoms with Gasteiger partial charge in [-0.2, -0.15) is 0 Å². The zero-order valence-corrected chi connectivity index (χ0v) is 13.8. The van der Waals surface area contributed by atoms with Crippen LogP contribution in [0.25, 0.3) is 16.7 Å². The summed E-state index contributed by atoms with van der Waals surface area (Å²) < 4.78 is 1.98. The molecule has 108 valence electrons. The number of imidazole rings is 1. The highest BCUT2D eigenvalue weighted by Gasteiger charge is 2.19. The van der Waals surface area contributed by atoms with Gasteiger partial charge < -0.3 is 0 Å². The fourth-order valence-electron chi connectivity index (χ4n) is 2.40. The third kappa shape index (κ3) is 2.52. The lowest BCUT2D eigenvalue weighted by Crippen LogP contribution is -2.03. The largest absolute Gasteiger partial charge is 0.293 e. The topological polar surface area (TPSA) is 17.8 Å². The molecule has 0 aliphatic rings. The third-order valence-corrected chi connectivity index (χ3v) is 4.18. The molecular weight excluding hydrogens is 327 g/mol. The number of nitrogens with zero attached hydrogens (tertiary/aromatic N) is 2. The lowest BCUT2D eigenvalue weighted by atomic mass is 10.2. The van der Waals surface area contributed by atoms with Crippen LogP contribution in [0, 0.1) is 6.92 Å². The molecule has 0 amide bonds. The molecule has 0 spiro atoms. The summed E-state index contributed by atoms with van der Waals surface area (Å²) in [6, 6.07) is 11.6. The van der Waals surface area contributed by atoms with Crippen LogP contribution in [0.2, 0.25) is 10.0 Å². The molecule has 5 heteroatoms. The Balaban J connectivity index is 2.42. The van der Waals surface area contributed by atoms with Gasteiger partial charge in [0.2, 0.25) is 0 Å². The van der Waals surface area contributed by atoms with Crippen LogP contribution in [0.5, 0.6) is 0 Å². The molecule has 1 atom stereocenters. The van der Waals surface area contributed by atoms with E-state index in [9.17, 15) is 0 Å². The van der Waals surface area contributed by atoms with E-state index in [-0.39, 0.29) is 5.38 Å². The van der Waals surface area contributed by atoms with Gasteiger partial charge in [-0.3, -0.25) is 4.57 Å². The van der Waals surface area contributed by atoms with E-state index in [0.29, 0.717) is 10.0 Å². The molecule has 1 heterocycles. The standard InChI is InChI=1S/C16H13Cl3N2/c1-9-6-7-11(18)14(8-9)21-13-5-3-4-12(19)15(13)20-16(21)10(2)17/h3-8,10H,1-2H3. The molecule has 1 unspecified atom stereocenters. The molecule has 0 bridgehead atoms. The van der Waals surface area contributed by atoms with Crippen molar-refractivity contribution in [3.05, 3.63) is 57.8 Å². The number of aromatic nitrogens is 2. The number of hydrogen-bond donors (Lipinski definition) is 0. The predicted molar refractivity (Wildman–Crippen MR) is 90.1 cm³/mol. The molecule has 0 fully saturated rings. The van der Waals surface area contributed by atoms with Crippen LogP contribution in [-0.2, 0) is 0 Å². The monoisotopic (exact) mass is 338 g/mol. The first-order valence-electron chi connectivity index (χ1n) is 6.56. The normalized spacial score (nSPS) is 12.8. The molecule has 3 aromatic rings. The van der Waals surface area contributed by atoms with Crippen molar-refractivity contribution in [2.24, 2.45) is 0 Å². The molecule has 0 saturated carbocycles. The lowest BCUT2D eigenvalue weighted by molar-refractivity contribution is 0.882. The molecule has 0 aliphatic carbocycles. The van der Waals surface area contributed by atoms with Gasteiger partial charge in [-0.05, 0) is 43.7 Å². The van der Waals surface area contributed by atoms with Crippen molar-refractivity contribution in [2.75, 3.05) is 0 Å². The summed E-state index contributed by atoms with van der Waals surface area (Å²) in [6.07, 6.45) is 0. The Bertz CT molecular complexity index is 822. The number of halogens is 3. The Kier molecular flexibility index (Phi) is 3.87. The minimum Gasteiger partial charge on any atom is -0.293 e. The molecule has 2 aromatic carbocycles. The van der Waals surface area contributed by atoms with E-state index in [0.717, 1.165) is 28.1 Å². The molecule has 0 saturated heterocycles. The summed E-state index contributed by atoms with van der Waals surface area (Å²) in [6.45, 7) is 3.91. The second-order valence-corrected chi connectivity index (χ2v) is 6.45. The van der Waals surface area contributed by atoms with Crippen molar-refractivity contribution >= 4 is 45.8 Å². The van der Waals surface area contributed by atoms with Crippen LogP contribution >= 0.6 is 34.8 Å². The van der Waals surface area contributed by atoms with Crippen LogP contribution in [0.15, 0.2) is 36.4 Å². The zero-order valence-electron chi connectivity index (χ0n) is 11.6. The van der Waals surface area contributed by atoms with E-state index in [4.69, 9.17) is 34.8 Å². The Morgan fingerprint density at radius 3 is 2.57 bits per heavy atom. The highest BCUT2D eigenvalue weighted by atomic mass is 35.5. The van der Waals surface area contributed by atoms with E-state index in [1.54, 1.807) is 0 Å². The zero-order chi connectivity index (χ0) is 15.1. The van der Waals surface area contributed by atoms with Gasteiger partial charge in [0.1, 0.15) is 11.3 Å². The summed E-state index contributed by atoms with van der Waals surface area (Å²) in [7, 11) is 0. The fourth-order valence-corrected chi connectivity index (χ4v) is 2.96. The summed E-state index contributed by atoms with van der Waals surface area (Å²) >= 11 is 18.9. The summed E-state index contributed by atoms with van der Waals surface area (Å²) in [5.74, 6) is 0.729. The number of benzene rings is 2. The molecule has 2 nitrogen and oxygen atoms in total. The molecule has 1 aromatic heterocycles. The van der Waals surface area contributed by atoms with Gasteiger partial charge in [0.25, 0.3) is 0 Å². The van der Waals surface area contributed by atoms with Gasteiger partial charge >= 0.3 is 0 Å². The quantitative estimate of drug-likeness (QED) is 0.528. The van der Waals surface area contributed by atoms with Crippen LogP contribution in [0.4, 0.5) is 0 Å². The number of rotatable bonds is 2. The average Bonchev–Trinajstić information content (AvgIpc) is 2.82. The van der Waals surface area contributed by atoms with E-state index < -0.39 is 0 Å². The summed E-state index contributed by atoms with van der Waals surface area (Å²) in [5, 5.41) is 0.997. The molecule has 21 heavy (non-hydrogen) atoms. The first-order chi connectivity index (χ1) is 9.99. The average molecular weight is 340 g/mol. The third-order valence-electron chi connectivity index (χ3n) is 3.36. The number of hydrogen-bond acceptors (Lipinski definition) is 1. The van der Waals surface area contributed by atoms with Crippen LogP contribution in [0.1, 0.15) is 23.7 Å². The van der Waals surface area contributed by atoms with Crippen LogP contribution < -0.4 is 0 Å². The number of para-hydroxylation sites is 1. The van der Waals surface area contributed by atoms with E-state index in [2.05, 4.69) is 4.98 Å². The first-order valence-corrected chi connectivity index (χ1v) is 7.75. The Morgan fingerprint density at radius 1 is 1.10 bits per heavy atom. The second kappa shape index (κ2) is 5.53. The molecular formula is C16H13Cl3N2. The highest BCUT2D eigenvalue weighted by molar-refractivity contribution is 6.35. The lowest BCUT2D eigenvalue weighted by Gasteiger charge is -2.13. The number of fused-ring (bicyclic) bond motifs is 1. The van der Waals surface area contributed by atoms with Gasteiger partial charge in [0.15, 0.2) is 0 Å². The molecule has 3 rings (SSSR count).